The summed E-state index contributed by atoms with van der Waals surface area (Å²) in [6.45, 7) is 4.22. The lowest BCUT2D eigenvalue weighted by Gasteiger charge is -2.05. The molecule has 0 atom stereocenters. The smallest absolute Gasteiger partial charge is 0.385 e. The monoisotopic (exact) mass is 430 g/mol. The Morgan fingerprint density at radius 3 is 1.13 bits per heavy atom. The Morgan fingerprint density at radius 2 is 0.800 bits per heavy atom. The molecule has 0 unspecified atom stereocenters. The molecule has 0 amide bonds. The van der Waals surface area contributed by atoms with E-state index in [1.807, 2.05) is 0 Å². The second-order valence-corrected chi connectivity index (χ2v) is 5.21. The highest BCUT2D eigenvalue weighted by atomic mass is 16.6. The summed E-state index contributed by atoms with van der Waals surface area (Å²) in [5, 5.41) is 0. The molecule has 0 heterocycles. The minimum atomic E-state index is -0.765. The average molecular weight is 430 g/mol. The Bertz CT molecular complexity index is 505. The molecular weight excluding hydrogens is 400 g/mol. The number of hydrogen-bond donors (Lipinski definition) is 0. The van der Waals surface area contributed by atoms with Crippen LogP contribution in [0.15, 0.2) is 0 Å². The summed E-state index contributed by atoms with van der Waals surface area (Å²) >= 11 is 0. The quantitative estimate of drug-likeness (QED) is 0.121. The first-order valence-corrected chi connectivity index (χ1v) is 9.35. The third-order valence-corrected chi connectivity index (χ3v) is 2.92. The van der Waals surface area contributed by atoms with Crippen LogP contribution < -0.4 is 0 Å². The molecule has 0 N–H and O–H groups in total. The van der Waals surface area contributed by atoms with Gasteiger partial charge in [0.1, 0.15) is 13.2 Å². The lowest BCUT2D eigenvalue weighted by Crippen LogP contribution is -2.13. The highest BCUT2D eigenvalue weighted by molar-refractivity contribution is 5.91. The van der Waals surface area contributed by atoms with E-state index < -0.39 is 11.9 Å². The lowest BCUT2D eigenvalue weighted by atomic mass is 10.5. The van der Waals surface area contributed by atoms with Gasteiger partial charge in [-0.2, -0.15) is 0 Å². The molecule has 30 heavy (non-hydrogen) atoms. The van der Waals surface area contributed by atoms with Crippen molar-refractivity contribution in [1.82, 2.24) is 0 Å². The van der Waals surface area contributed by atoms with Crippen LogP contribution in [0, 0.1) is 23.7 Å². The van der Waals surface area contributed by atoms with Crippen LogP contribution in [0.4, 0.5) is 0 Å². The number of ether oxygens (including phenoxy) is 8. The molecule has 170 valence electrons. The van der Waals surface area contributed by atoms with E-state index >= 15 is 0 Å². The summed E-state index contributed by atoms with van der Waals surface area (Å²) in [5.41, 5.74) is 0. The van der Waals surface area contributed by atoms with Crippen molar-refractivity contribution in [2.75, 3.05) is 93.5 Å². The topological polar surface area (TPSA) is 108 Å². The largest absolute Gasteiger partial charge is 0.454 e. The normalized spacial score (nSPS) is 9.80. The van der Waals surface area contributed by atoms with Crippen molar-refractivity contribution in [3.05, 3.63) is 0 Å². The zero-order valence-electron chi connectivity index (χ0n) is 17.6. The molecule has 0 aliphatic heterocycles. The third kappa shape index (κ3) is 22.1. The number of carbonyl (C=O) groups is 2. The standard InChI is InChI=1S/C20H30O10/c1-23-7-9-25-11-13-27-15-17-29-19(21)5-3-4-6-20(22)30-18-16-28-14-12-26-10-8-24-2/h7-18H2,1-2H3. The second-order valence-electron chi connectivity index (χ2n) is 5.21. The summed E-state index contributed by atoms with van der Waals surface area (Å²) in [6.07, 6.45) is 0. The Labute approximate surface area is 177 Å². The van der Waals surface area contributed by atoms with E-state index in [1.165, 1.54) is 0 Å². The minimum absolute atomic E-state index is 0.0540. The van der Waals surface area contributed by atoms with E-state index in [2.05, 4.69) is 23.7 Å². The van der Waals surface area contributed by atoms with Crippen molar-refractivity contribution >= 4 is 11.9 Å². The molecule has 0 rings (SSSR count). The maximum Gasteiger partial charge on any atom is 0.385 e. The van der Waals surface area contributed by atoms with E-state index in [0.717, 1.165) is 0 Å². The van der Waals surface area contributed by atoms with E-state index in [1.54, 1.807) is 14.2 Å². The minimum Gasteiger partial charge on any atom is -0.454 e. The van der Waals surface area contributed by atoms with Gasteiger partial charge in [0.25, 0.3) is 0 Å². The first-order valence-electron chi connectivity index (χ1n) is 9.35. The molecule has 0 fully saturated rings. The van der Waals surface area contributed by atoms with E-state index in [4.69, 9.17) is 37.9 Å². The fourth-order valence-corrected chi connectivity index (χ4v) is 1.55. The molecule has 0 spiro atoms. The zero-order valence-corrected chi connectivity index (χ0v) is 17.6. The van der Waals surface area contributed by atoms with Crippen molar-refractivity contribution in [1.29, 1.82) is 0 Å². The number of hydrogen-bond acceptors (Lipinski definition) is 10. The van der Waals surface area contributed by atoms with Crippen molar-refractivity contribution in [3.63, 3.8) is 0 Å². The predicted molar refractivity (Wildman–Crippen MR) is 104 cm³/mol. The van der Waals surface area contributed by atoms with Gasteiger partial charge in [-0.1, -0.05) is 0 Å². The van der Waals surface area contributed by atoms with Crippen LogP contribution in [0.2, 0.25) is 0 Å². The van der Waals surface area contributed by atoms with Crippen LogP contribution >= 0.6 is 0 Å². The highest BCUT2D eigenvalue weighted by Gasteiger charge is 1.98. The molecular formula is C20H30O10. The fraction of sp³-hybridized carbons (Fsp3) is 0.700. The lowest BCUT2D eigenvalue weighted by molar-refractivity contribution is -0.139. The molecule has 0 saturated heterocycles. The van der Waals surface area contributed by atoms with Crippen molar-refractivity contribution < 1.29 is 47.5 Å². The molecule has 0 aromatic carbocycles. The van der Waals surface area contributed by atoms with Gasteiger partial charge in [-0.05, 0) is 11.8 Å². The Morgan fingerprint density at radius 1 is 0.500 bits per heavy atom. The first kappa shape index (κ1) is 27.8. The summed E-state index contributed by atoms with van der Waals surface area (Å²) in [5.74, 6) is 7.17. The highest BCUT2D eigenvalue weighted by Crippen LogP contribution is 1.84. The van der Waals surface area contributed by atoms with Gasteiger partial charge in [0.05, 0.1) is 66.1 Å². The number of methoxy groups -OCH3 is 2. The van der Waals surface area contributed by atoms with Gasteiger partial charge >= 0.3 is 11.9 Å². The van der Waals surface area contributed by atoms with Crippen LogP contribution in [0.5, 0.6) is 0 Å². The van der Waals surface area contributed by atoms with Gasteiger partial charge < -0.3 is 37.9 Å². The maximum absolute atomic E-state index is 11.3. The van der Waals surface area contributed by atoms with Gasteiger partial charge in [-0.25, -0.2) is 9.59 Å². The van der Waals surface area contributed by atoms with Gasteiger partial charge in [-0.3, -0.25) is 0 Å². The van der Waals surface area contributed by atoms with E-state index in [-0.39, 0.29) is 26.4 Å². The van der Waals surface area contributed by atoms with Crippen LogP contribution in [-0.4, -0.2) is 105 Å². The third-order valence-electron chi connectivity index (χ3n) is 2.92. The molecule has 0 aromatic rings. The SMILES string of the molecule is COCCOCCOCCOC(=O)C#CC#CC(=O)OCCOCCOCCOC. The van der Waals surface area contributed by atoms with Gasteiger partial charge in [0, 0.05) is 26.1 Å². The predicted octanol–water partition coefficient (Wildman–Crippen LogP) is -0.561. The molecule has 0 saturated carbocycles. The molecule has 10 heteroatoms. The van der Waals surface area contributed by atoms with Gasteiger partial charge in [-0.15, -0.1) is 0 Å². The molecule has 0 aromatic heterocycles. The summed E-state index contributed by atoms with van der Waals surface area (Å²) in [4.78, 5) is 22.7. The zero-order chi connectivity index (χ0) is 22.1. The number of carbonyl (C=O) groups excluding carboxylic acids is 2. The van der Waals surface area contributed by atoms with Gasteiger partial charge in [0.2, 0.25) is 0 Å². The average Bonchev–Trinajstić information content (AvgIpc) is 2.74. The van der Waals surface area contributed by atoms with Crippen LogP contribution in [0.1, 0.15) is 0 Å². The van der Waals surface area contributed by atoms with E-state index in [9.17, 15) is 9.59 Å². The van der Waals surface area contributed by atoms with Crippen LogP contribution in [0.3, 0.4) is 0 Å². The maximum atomic E-state index is 11.3. The van der Waals surface area contributed by atoms with Crippen molar-refractivity contribution in [2.24, 2.45) is 0 Å². The number of rotatable bonds is 18. The summed E-state index contributed by atoms with van der Waals surface area (Å²) < 4.78 is 40.1. The number of esters is 2. The molecule has 0 aliphatic rings. The van der Waals surface area contributed by atoms with Crippen LogP contribution in [0.25, 0.3) is 0 Å². The second kappa shape index (κ2) is 23.1. The molecule has 0 aliphatic carbocycles. The Hall–Kier alpha value is -2.18. The van der Waals surface area contributed by atoms with Crippen LogP contribution in [-0.2, 0) is 47.5 Å². The first-order chi connectivity index (χ1) is 14.7. The van der Waals surface area contributed by atoms with E-state index in [0.29, 0.717) is 52.9 Å². The van der Waals surface area contributed by atoms with Crippen molar-refractivity contribution in [2.45, 2.75) is 0 Å². The molecule has 10 nitrogen and oxygen atoms in total. The Balaban J connectivity index is 3.58. The molecule has 0 radical (unpaired) electrons. The molecule has 0 bridgehead atoms. The van der Waals surface area contributed by atoms with Gasteiger partial charge in [0.15, 0.2) is 0 Å². The summed E-state index contributed by atoms with van der Waals surface area (Å²) in [7, 11) is 3.19. The summed E-state index contributed by atoms with van der Waals surface area (Å²) in [6, 6.07) is 0. The Kier molecular flexibility index (Phi) is 21.4. The fourth-order valence-electron chi connectivity index (χ4n) is 1.55. The van der Waals surface area contributed by atoms with Crippen molar-refractivity contribution in [3.8, 4) is 23.7 Å².